The van der Waals surface area contributed by atoms with Crippen molar-refractivity contribution in [3.05, 3.63) is 64.4 Å². The highest BCUT2D eigenvalue weighted by Crippen LogP contribution is 2.26. The van der Waals surface area contributed by atoms with Crippen LogP contribution in [0.2, 0.25) is 5.02 Å². The smallest absolute Gasteiger partial charge is 0.138 e. The minimum Gasteiger partial charge on any atom is -0.487 e. The molecule has 0 aliphatic carbocycles. The highest BCUT2D eigenvalue weighted by molar-refractivity contribution is 6.32. The van der Waals surface area contributed by atoms with Gasteiger partial charge in [0.05, 0.1) is 5.02 Å². The van der Waals surface area contributed by atoms with Crippen LogP contribution >= 0.6 is 11.6 Å². The molecule has 0 saturated carbocycles. The molecule has 5 heteroatoms. The van der Waals surface area contributed by atoms with Crippen molar-refractivity contribution in [1.29, 1.82) is 5.41 Å². The molecule has 0 aliphatic heterocycles. The van der Waals surface area contributed by atoms with Crippen LogP contribution in [-0.4, -0.2) is 5.84 Å². The fourth-order valence-corrected chi connectivity index (χ4v) is 1.81. The van der Waals surface area contributed by atoms with E-state index in [1.54, 1.807) is 30.3 Å². The molecule has 0 aliphatic rings. The van der Waals surface area contributed by atoms with Crippen molar-refractivity contribution >= 4 is 17.4 Å². The van der Waals surface area contributed by atoms with Gasteiger partial charge in [-0.05, 0) is 35.9 Å². The van der Waals surface area contributed by atoms with Crippen LogP contribution < -0.4 is 10.5 Å². The van der Waals surface area contributed by atoms with E-state index in [1.807, 2.05) is 0 Å². The maximum absolute atomic E-state index is 13.0. The quantitative estimate of drug-likeness (QED) is 0.666. The summed E-state index contributed by atoms with van der Waals surface area (Å²) < 4.78 is 18.5. The summed E-state index contributed by atoms with van der Waals surface area (Å²) in [6, 6.07) is 11.0. The molecule has 0 unspecified atom stereocenters. The number of halogens is 2. The minimum atomic E-state index is -0.306. The van der Waals surface area contributed by atoms with E-state index in [1.165, 1.54) is 12.1 Å². The molecule has 0 aromatic heterocycles. The average molecular weight is 279 g/mol. The fourth-order valence-electron chi connectivity index (χ4n) is 1.57. The normalized spacial score (nSPS) is 10.2. The van der Waals surface area contributed by atoms with E-state index in [0.717, 1.165) is 0 Å². The van der Waals surface area contributed by atoms with Crippen LogP contribution in [-0.2, 0) is 6.61 Å². The van der Waals surface area contributed by atoms with Gasteiger partial charge in [0, 0.05) is 5.56 Å². The molecule has 3 nitrogen and oxygen atoms in total. The van der Waals surface area contributed by atoms with Gasteiger partial charge in [-0.25, -0.2) is 4.39 Å². The van der Waals surface area contributed by atoms with Gasteiger partial charge in [0.1, 0.15) is 24.0 Å². The van der Waals surface area contributed by atoms with Crippen LogP contribution in [0.15, 0.2) is 42.5 Å². The summed E-state index contributed by atoms with van der Waals surface area (Å²) in [5.74, 6) is 0.105. The second-order valence-corrected chi connectivity index (χ2v) is 4.38. The van der Waals surface area contributed by atoms with Gasteiger partial charge in [0.25, 0.3) is 0 Å². The summed E-state index contributed by atoms with van der Waals surface area (Å²) in [5.41, 5.74) is 6.60. The van der Waals surface area contributed by atoms with Crippen molar-refractivity contribution < 1.29 is 9.13 Å². The maximum Gasteiger partial charge on any atom is 0.138 e. The highest BCUT2D eigenvalue weighted by atomic mass is 35.5. The largest absolute Gasteiger partial charge is 0.487 e. The summed E-state index contributed by atoms with van der Waals surface area (Å²) >= 11 is 6.02. The third-order valence-corrected chi connectivity index (χ3v) is 2.82. The molecule has 3 N–H and O–H groups in total. The van der Waals surface area contributed by atoms with E-state index >= 15 is 0 Å². The summed E-state index contributed by atoms with van der Waals surface area (Å²) in [7, 11) is 0. The van der Waals surface area contributed by atoms with Gasteiger partial charge in [-0.3, -0.25) is 5.41 Å². The van der Waals surface area contributed by atoms with E-state index in [-0.39, 0.29) is 18.3 Å². The lowest BCUT2D eigenvalue weighted by Crippen LogP contribution is -2.10. The standard InChI is InChI=1S/C14H12ClFN2O/c15-12-7-10(14(17)18)4-5-13(12)19-8-9-2-1-3-11(16)6-9/h1-7H,8H2,(H3,17,18). The van der Waals surface area contributed by atoms with Crippen LogP contribution in [0.1, 0.15) is 11.1 Å². The van der Waals surface area contributed by atoms with E-state index in [0.29, 0.717) is 21.9 Å². The Morgan fingerprint density at radius 1 is 1.26 bits per heavy atom. The summed E-state index contributed by atoms with van der Waals surface area (Å²) in [6.45, 7) is 0.219. The van der Waals surface area contributed by atoms with Crippen LogP contribution in [0, 0.1) is 11.2 Å². The van der Waals surface area contributed by atoms with E-state index in [2.05, 4.69) is 0 Å². The lowest BCUT2D eigenvalue weighted by molar-refractivity contribution is 0.306. The van der Waals surface area contributed by atoms with Gasteiger partial charge in [-0.2, -0.15) is 0 Å². The topological polar surface area (TPSA) is 59.1 Å². The second-order valence-electron chi connectivity index (χ2n) is 3.98. The number of hydrogen-bond donors (Lipinski definition) is 2. The number of ether oxygens (including phenoxy) is 1. The Hall–Kier alpha value is -2.07. The Morgan fingerprint density at radius 2 is 2.05 bits per heavy atom. The SMILES string of the molecule is N=C(N)c1ccc(OCc2cccc(F)c2)c(Cl)c1. The van der Waals surface area contributed by atoms with Gasteiger partial charge >= 0.3 is 0 Å². The Morgan fingerprint density at radius 3 is 2.68 bits per heavy atom. The zero-order chi connectivity index (χ0) is 13.8. The monoisotopic (exact) mass is 278 g/mol. The van der Waals surface area contributed by atoms with E-state index < -0.39 is 0 Å². The molecule has 0 spiro atoms. The molecule has 0 radical (unpaired) electrons. The molecule has 98 valence electrons. The first kappa shape index (κ1) is 13.4. The van der Waals surface area contributed by atoms with Crippen LogP contribution in [0.4, 0.5) is 4.39 Å². The number of rotatable bonds is 4. The number of benzene rings is 2. The molecule has 0 heterocycles. The first-order chi connectivity index (χ1) is 9.06. The van der Waals surface area contributed by atoms with Crippen molar-refractivity contribution in [2.45, 2.75) is 6.61 Å². The second kappa shape index (κ2) is 5.71. The van der Waals surface area contributed by atoms with Crippen LogP contribution in [0.3, 0.4) is 0 Å². The predicted molar refractivity (Wildman–Crippen MR) is 73.2 cm³/mol. The number of amidine groups is 1. The van der Waals surface area contributed by atoms with Gasteiger partial charge in [-0.15, -0.1) is 0 Å². The molecule has 19 heavy (non-hydrogen) atoms. The summed E-state index contributed by atoms with van der Waals surface area (Å²) in [5, 5.41) is 7.66. The van der Waals surface area contributed by atoms with E-state index in [4.69, 9.17) is 27.5 Å². The van der Waals surface area contributed by atoms with E-state index in [9.17, 15) is 4.39 Å². The first-order valence-electron chi connectivity index (χ1n) is 5.57. The first-order valence-corrected chi connectivity index (χ1v) is 5.95. The molecule has 0 bridgehead atoms. The molecular formula is C14H12ClFN2O. The molecule has 2 aromatic rings. The van der Waals surface area contributed by atoms with Crippen molar-refractivity contribution in [3.63, 3.8) is 0 Å². The predicted octanol–water partition coefficient (Wildman–Crippen LogP) is 3.34. The lowest BCUT2D eigenvalue weighted by Gasteiger charge is -2.09. The number of nitrogens with two attached hydrogens (primary N) is 1. The molecule has 0 atom stereocenters. The summed E-state index contributed by atoms with van der Waals surface area (Å²) in [6.07, 6.45) is 0. The Bertz CT molecular complexity index is 616. The number of nitrogens with one attached hydrogen (secondary N) is 1. The zero-order valence-electron chi connectivity index (χ0n) is 9.99. The number of nitrogen functional groups attached to an aromatic ring is 1. The zero-order valence-corrected chi connectivity index (χ0v) is 10.7. The van der Waals surface area contributed by atoms with Crippen molar-refractivity contribution in [1.82, 2.24) is 0 Å². The van der Waals surface area contributed by atoms with Crippen molar-refractivity contribution in [2.75, 3.05) is 0 Å². The van der Waals surface area contributed by atoms with Crippen molar-refractivity contribution in [3.8, 4) is 5.75 Å². The Labute approximate surface area is 115 Å². The third-order valence-electron chi connectivity index (χ3n) is 2.53. The fraction of sp³-hybridized carbons (Fsp3) is 0.0714. The average Bonchev–Trinajstić information content (AvgIpc) is 2.37. The van der Waals surface area contributed by atoms with Gasteiger partial charge < -0.3 is 10.5 Å². The molecule has 2 rings (SSSR count). The maximum atomic E-state index is 13.0. The molecule has 0 saturated heterocycles. The highest BCUT2D eigenvalue weighted by Gasteiger charge is 2.05. The summed E-state index contributed by atoms with van der Waals surface area (Å²) in [4.78, 5) is 0. The Balaban J connectivity index is 2.10. The molecular weight excluding hydrogens is 267 g/mol. The Kier molecular flexibility index (Phi) is 4.02. The molecule has 0 fully saturated rings. The number of hydrogen-bond acceptors (Lipinski definition) is 2. The van der Waals surface area contributed by atoms with Crippen LogP contribution in [0.25, 0.3) is 0 Å². The van der Waals surface area contributed by atoms with Gasteiger partial charge in [-0.1, -0.05) is 23.7 Å². The minimum absolute atomic E-state index is 0.0569. The molecule has 0 amide bonds. The third kappa shape index (κ3) is 3.45. The lowest BCUT2D eigenvalue weighted by atomic mass is 10.2. The van der Waals surface area contributed by atoms with Gasteiger partial charge in [0.2, 0.25) is 0 Å². The van der Waals surface area contributed by atoms with Crippen LogP contribution in [0.5, 0.6) is 5.75 Å². The van der Waals surface area contributed by atoms with Gasteiger partial charge in [0.15, 0.2) is 0 Å². The molecule has 2 aromatic carbocycles. The van der Waals surface area contributed by atoms with Crippen molar-refractivity contribution in [2.24, 2.45) is 5.73 Å².